The molecule has 1 aliphatic heterocycles. The SMILES string of the molecule is CCc1cnc(NC(=O)c2ccc(-c3nc([C@@H]4CCCCN4C(=O)c4ccnc(Cl)n4)n4ccnc(N)c34)cc2)s1. The van der Waals surface area contributed by atoms with Crippen molar-refractivity contribution < 1.29 is 9.59 Å². The number of nitrogens with one attached hydrogen (secondary N) is 1. The Hall–Kier alpha value is -4.42. The average Bonchev–Trinajstić information content (AvgIpc) is 3.62. The highest BCUT2D eigenvalue weighted by molar-refractivity contribution is 7.15. The molecule has 5 aromatic rings. The summed E-state index contributed by atoms with van der Waals surface area (Å²) in [4.78, 5) is 50.8. The lowest BCUT2D eigenvalue weighted by Crippen LogP contribution is -2.39. The van der Waals surface area contributed by atoms with E-state index in [4.69, 9.17) is 22.3 Å². The molecule has 1 atom stereocenters. The normalized spacial score (nSPS) is 15.3. The highest BCUT2D eigenvalue weighted by Gasteiger charge is 2.33. The fraction of sp³-hybridized carbons (Fsp3) is 0.250. The fourth-order valence-electron chi connectivity index (χ4n) is 5.05. The molecule has 208 valence electrons. The summed E-state index contributed by atoms with van der Waals surface area (Å²) in [6.45, 7) is 2.60. The van der Waals surface area contributed by atoms with Crippen LogP contribution in [0.15, 0.2) is 55.1 Å². The van der Waals surface area contributed by atoms with Gasteiger partial charge in [0, 0.05) is 47.3 Å². The van der Waals surface area contributed by atoms with Gasteiger partial charge in [-0.15, -0.1) is 11.3 Å². The molecule has 2 amide bonds. The number of thiazole rings is 1. The van der Waals surface area contributed by atoms with Crippen LogP contribution in [-0.4, -0.2) is 52.6 Å². The van der Waals surface area contributed by atoms with Crippen LogP contribution in [0.3, 0.4) is 0 Å². The van der Waals surface area contributed by atoms with Crippen molar-refractivity contribution in [3.63, 3.8) is 0 Å². The van der Waals surface area contributed by atoms with Crippen LogP contribution in [-0.2, 0) is 6.42 Å². The van der Waals surface area contributed by atoms with Crippen molar-refractivity contribution in [2.24, 2.45) is 0 Å². The van der Waals surface area contributed by atoms with E-state index >= 15 is 0 Å². The Morgan fingerprint density at radius 3 is 2.68 bits per heavy atom. The zero-order chi connectivity index (χ0) is 28.5. The number of carbonyl (C=O) groups excluding carboxylic acids is 2. The summed E-state index contributed by atoms with van der Waals surface area (Å²) in [6, 6.07) is 8.40. The zero-order valence-corrected chi connectivity index (χ0v) is 23.7. The number of likely N-dealkylation sites (tertiary alicyclic amines) is 1. The molecule has 0 saturated carbocycles. The second kappa shape index (κ2) is 11.2. The van der Waals surface area contributed by atoms with Gasteiger partial charge in [-0.25, -0.2) is 24.9 Å². The Labute approximate surface area is 244 Å². The highest BCUT2D eigenvalue weighted by atomic mass is 35.5. The van der Waals surface area contributed by atoms with Crippen molar-refractivity contribution >= 4 is 51.2 Å². The van der Waals surface area contributed by atoms with Crippen molar-refractivity contribution in [1.82, 2.24) is 34.2 Å². The fourth-order valence-corrected chi connectivity index (χ4v) is 5.94. The van der Waals surface area contributed by atoms with Gasteiger partial charge < -0.3 is 10.6 Å². The second-order valence-corrected chi connectivity index (χ2v) is 11.0. The second-order valence-electron chi connectivity index (χ2n) is 9.59. The van der Waals surface area contributed by atoms with Gasteiger partial charge in [0.15, 0.2) is 5.13 Å². The smallest absolute Gasteiger partial charge is 0.273 e. The van der Waals surface area contributed by atoms with Crippen molar-refractivity contribution in [1.29, 1.82) is 0 Å². The van der Waals surface area contributed by atoms with Crippen LogP contribution >= 0.6 is 22.9 Å². The van der Waals surface area contributed by atoms with Crippen molar-refractivity contribution in [2.45, 2.75) is 38.6 Å². The summed E-state index contributed by atoms with van der Waals surface area (Å²) >= 11 is 7.43. The Morgan fingerprint density at radius 1 is 1.10 bits per heavy atom. The van der Waals surface area contributed by atoms with Gasteiger partial charge >= 0.3 is 0 Å². The minimum absolute atomic E-state index is 0.0197. The number of nitrogens with two attached hydrogens (primary N) is 1. The van der Waals surface area contributed by atoms with Crippen LogP contribution in [0.1, 0.15) is 63.8 Å². The Balaban J connectivity index is 1.34. The molecule has 1 saturated heterocycles. The zero-order valence-electron chi connectivity index (χ0n) is 22.1. The van der Waals surface area contributed by atoms with Gasteiger partial charge in [0.25, 0.3) is 11.8 Å². The van der Waals surface area contributed by atoms with Crippen LogP contribution in [0.25, 0.3) is 16.8 Å². The van der Waals surface area contributed by atoms with E-state index in [1.807, 2.05) is 23.5 Å². The van der Waals surface area contributed by atoms with Gasteiger partial charge in [-0.1, -0.05) is 19.1 Å². The predicted octanol–water partition coefficient (Wildman–Crippen LogP) is 5.06. The van der Waals surface area contributed by atoms with E-state index in [1.165, 1.54) is 17.5 Å². The first-order chi connectivity index (χ1) is 19.9. The molecule has 1 aliphatic rings. The monoisotopic (exact) mass is 587 g/mol. The lowest BCUT2D eigenvalue weighted by molar-refractivity contribution is 0.0593. The molecule has 13 heteroatoms. The molecule has 6 rings (SSSR count). The quantitative estimate of drug-likeness (QED) is 0.262. The molecular weight excluding hydrogens is 562 g/mol. The number of aryl methyl sites for hydroxylation is 1. The third kappa shape index (κ3) is 5.23. The van der Waals surface area contributed by atoms with Crippen LogP contribution in [0.2, 0.25) is 5.28 Å². The number of aromatic nitrogens is 6. The number of carbonyl (C=O) groups is 2. The minimum atomic E-state index is -0.315. The molecule has 0 unspecified atom stereocenters. The topological polar surface area (TPSA) is 144 Å². The van der Waals surface area contributed by atoms with E-state index in [1.54, 1.807) is 41.7 Å². The Kier molecular flexibility index (Phi) is 7.33. The van der Waals surface area contributed by atoms with Gasteiger partial charge in [-0.05, 0) is 55.5 Å². The number of halogens is 1. The molecule has 0 spiro atoms. The van der Waals surface area contributed by atoms with Crippen LogP contribution in [0.5, 0.6) is 0 Å². The van der Waals surface area contributed by atoms with Gasteiger partial charge in [0.05, 0.1) is 6.04 Å². The molecule has 4 aromatic heterocycles. The van der Waals surface area contributed by atoms with Gasteiger partial charge in [-0.3, -0.25) is 19.3 Å². The van der Waals surface area contributed by atoms with E-state index in [0.29, 0.717) is 40.1 Å². The number of fused-ring (bicyclic) bond motifs is 1. The van der Waals surface area contributed by atoms with Crippen LogP contribution in [0.4, 0.5) is 10.9 Å². The minimum Gasteiger partial charge on any atom is -0.382 e. The highest BCUT2D eigenvalue weighted by Crippen LogP contribution is 2.36. The molecule has 3 N–H and O–H groups in total. The van der Waals surface area contributed by atoms with Gasteiger partial charge in [0.1, 0.15) is 28.5 Å². The summed E-state index contributed by atoms with van der Waals surface area (Å²) in [7, 11) is 0. The van der Waals surface area contributed by atoms with Gasteiger partial charge in [-0.2, -0.15) is 0 Å². The molecule has 5 heterocycles. The lowest BCUT2D eigenvalue weighted by Gasteiger charge is -2.34. The molecule has 0 radical (unpaired) electrons. The van der Waals surface area contributed by atoms with Crippen molar-refractivity contribution in [3.05, 3.63) is 82.4 Å². The standard InChI is InChI=1S/C28H26ClN9O2S/c1-2-18-15-33-28(41-18)36-25(39)17-8-6-16(7-9-17)21-22-23(30)31-12-14-38(22)24(35-21)20-5-3-4-13-37(20)26(40)19-10-11-32-27(29)34-19/h6-12,14-15,20H,2-5,13H2,1H3,(H2,30,31)(H,33,36,39)/t20-/m0/s1. The number of piperidine rings is 1. The lowest BCUT2D eigenvalue weighted by atomic mass is 10.0. The third-order valence-electron chi connectivity index (χ3n) is 7.06. The first-order valence-electron chi connectivity index (χ1n) is 13.2. The number of amides is 2. The number of imidazole rings is 1. The van der Waals surface area contributed by atoms with Crippen LogP contribution < -0.4 is 11.1 Å². The summed E-state index contributed by atoms with van der Waals surface area (Å²) in [5.74, 6) is 0.511. The van der Waals surface area contributed by atoms with E-state index in [-0.39, 0.29) is 28.8 Å². The van der Waals surface area contributed by atoms with Crippen molar-refractivity contribution in [2.75, 3.05) is 17.6 Å². The predicted molar refractivity (Wildman–Crippen MR) is 157 cm³/mol. The first kappa shape index (κ1) is 26.8. The summed E-state index contributed by atoms with van der Waals surface area (Å²) < 4.78 is 1.90. The van der Waals surface area contributed by atoms with E-state index in [9.17, 15) is 9.59 Å². The number of benzene rings is 1. The summed E-state index contributed by atoms with van der Waals surface area (Å²) in [6.07, 6.45) is 10.1. The number of hydrogen-bond donors (Lipinski definition) is 2. The average molecular weight is 588 g/mol. The summed E-state index contributed by atoms with van der Waals surface area (Å²) in [5.41, 5.74) is 9.11. The van der Waals surface area contributed by atoms with E-state index in [2.05, 4.69) is 25.3 Å². The third-order valence-corrected chi connectivity index (χ3v) is 8.30. The molecule has 41 heavy (non-hydrogen) atoms. The molecule has 0 bridgehead atoms. The Bertz CT molecular complexity index is 1750. The van der Waals surface area contributed by atoms with E-state index in [0.717, 1.165) is 36.1 Å². The molecule has 0 aliphatic carbocycles. The van der Waals surface area contributed by atoms with Gasteiger partial charge in [0.2, 0.25) is 5.28 Å². The number of nitrogens with zero attached hydrogens (tertiary/aromatic N) is 7. The number of nitrogen functional groups attached to an aromatic ring is 1. The molecule has 1 aromatic carbocycles. The molecule has 11 nitrogen and oxygen atoms in total. The number of anilines is 2. The Morgan fingerprint density at radius 2 is 1.93 bits per heavy atom. The maximum Gasteiger partial charge on any atom is 0.273 e. The maximum atomic E-state index is 13.5. The number of rotatable bonds is 6. The van der Waals surface area contributed by atoms with E-state index < -0.39 is 0 Å². The van der Waals surface area contributed by atoms with Crippen LogP contribution in [0, 0.1) is 0 Å². The first-order valence-corrected chi connectivity index (χ1v) is 14.4. The number of hydrogen-bond acceptors (Lipinski definition) is 9. The summed E-state index contributed by atoms with van der Waals surface area (Å²) in [5, 5.41) is 3.44. The molecular formula is C28H26ClN9O2S. The molecule has 1 fully saturated rings. The maximum absolute atomic E-state index is 13.5. The largest absolute Gasteiger partial charge is 0.382 e. The van der Waals surface area contributed by atoms with Crippen molar-refractivity contribution in [3.8, 4) is 11.3 Å².